The number of methoxy groups -OCH3 is 1. The topological polar surface area (TPSA) is 142 Å². The Morgan fingerprint density at radius 1 is 0.443 bits per heavy atom. The summed E-state index contributed by atoms with van der Waals surface area (Å²) in [6.45, 7) is 7.86. The fraction of sp³-hybridized carbons (Fsp3) is 0.323. The molecule has 0 spiro atoms. The average Bonchev–Trinajstić information content (AvgIpc) is 3.46. The molecule has 3 saturated heterocycles. The van der Waals surface area contributed by atoms with E-state index in [0.717, 1.165) is 129 Å². The Hall–Kier alpha value is -6.99. The van der Waals surface area contributed by atoms with E-state index in [9.17, 15) is 18.8 Å². The highest BCUT2D eigenvalue weighted by atomic mass is 32.1. The standard InChI is InChI=1S/C21H25N3O2S.C21H25N3OS.C20H22FN3OS/c1-24-12-10-15(11-13-24)20(25)16-4-3-5-18(14-16)23-21(27)22-17-6-8-19(26-2)9-7-17;1-15-6-3-4-9-19(15)23-21(26)22-18-8-5-7-17(14-18)20(25)16-10-12-24(2)13-11-16;1-24-10-8-14(9-11-24)19(25)15-4-2-6-17(12-15)22-20(26)23-18-7-3-5-16(21)13-18/h3-9,14-15H,10-13H2,1-2H3,(H2,22,23,27);3-9,14,16H,10-13H2,1-2H3,(H2,22,23,26);2-7,12-14H,8-11H2,1H3,(H2,22,23,26). The number of carbonyl (C=O) groups is 3. The second kappa shape index (κ2) is 29.8. The van der Waals surface area contributed by atoms with Gasteiger partial charge in [0.2, 0.25) is 0 Å². The van der Waals surface area contributed by atoms with Crippen LogP contribution >= 0.6 is 36.7 Å². The fourth-order valence-corrected chi connectivity index (χ4v) is 10.3. The van der Waals surface area contributed by atoms with Gasteiger partial charge in [0, 0.05) is 68.6 Å². The highest BCUT2D eigenvalue weighted by molar-refractivity contribution is 7.81. The van der Waals surface area contributed by atoms with E-state index in [-0.39, 0.29) is 40.9 Å². The fourth-order valence-electron chi connectivity index (χ4n) is 9.60. The molecule has 6 aromatic carbocycles. The van der Waals surface area contributed by atoms with Crippen molar-refractivity contribution in [3.05, 3.63) is 174 Å². The number of anilines is 6. The zero-order chi connectivity index (χ0) is 56.3. The lowest BCUT2D eigenvalue weighted by Gasteiger charge is -2.28. The van der Waals surface area contributed by atoms with E-state index in [0.29, 0.717) is 26.6 Å². The first-order valence-electron chi connectivity index (χ1n) is 26.8. The van der Waals surface area contributed by atoms with Gasteiger partial charge in [0.15, 0.2) is 32.7 Å². The quantitative estimate of drug-likeness (QED) is 0.0482. The number of ether oxygens (including phenoxy) is 1. The van der Waals surface area contributed by atoms with Gasteiger partial charge in [-0.1, -0.05) is 60.7 Å². The maximum absolute atomic E-state index is 13.2. The zero-order valence-electron chi connectivity index (χ0n) is 45.7. The van der Waals surface area contributed by atoms with Crippen LogP contribution in [-0.2, 0) is 0 Å². The molecule has 0 bridgehead atoms. The number of likely N-dealkylation sites (tertiary alicyclic amines) is 3. The van der Waals surface area contributed by atoms with E-state index >= 15 is 0 Å². The predicted molar refractivity (Wildman–Crippen MR) is 333 cm³/mol. The number of Topliss-reactive ketones (excluding diaryl/α,β-unsaturated/α-hetero) is 3. The molecule has 6 aromatic rings. The summed E-state index contributed by atoms with van der Waals surface area (Å²) in [7, 11) is 7.92. The van der Waals surface area contributed by atoms with Crippen LogP contribution < -0.4 is 36.6 Å². The van der Waals surface area contributed by atoms with Crippen LogP contribution in [0.1, 0.15) is 75.2 Å². The number of thiocarbonyl (C=S) groups is 3. The van der Waals surface area contributed by atoms with Crippen molar-refractivity contribution < 1.29 is 23.5 Å². The minimum atomic E-state index is -0.330. The molecule has 13 nitrogen and oxygen atoms in total. The third-order valence-corrected chi connectivity index (χ3v) is 14.9. The molecule has 0 aliphatic carbocycles. The summed E-state index contributed by atoms with van der Waals surface area (Å²) in [4.78, 5) is 45.1. The lowest BCUT2D eigenvalue weighted by Crippen LogP contribution is -2.33. The second-order valence-corrected chi connectivity index (χ2v) is 21.6. The Bertz CT molecular complexity index is 3050. The zero-order valence-corrected chi connectivity index (χ0v) is 48.1. The van der Waals surface area contributed by atoms with Crippen LogP contribution in [0.3, 0.4) is 0 Å². The normalized spacial score (nSPS) is 15.4. The first-order chi connectivity index (χ1) is 38.1. The maximum atomic E-state index is 13.2. The van der Waals surface area contributed by atoms with Crippen LogP contribution in [-0.4, -0.2) is 115 Å². The number of hydrogen-bond acceptors (Lipinski definition) is 10. The van der Waals surface area contributed by atoms with Gasteiger partial charge in [0.1, 0.15) is 11.6 Å². The van der Waals surface area contributed by atoms with Gasteiger partial charge >= 0.3 is 0 Å². The monoisotopic (exact) mass is 1120 g/mol. The number of carbonyl (C=O) groups excluding carboxylic acids is 3. The maximum Gasteiger partial charge on any atom is 0.175 e. The molecule has 79 heavy (non-hydrogen) atoms. The molecule has 0 amide bonds. The number of aryl methyl sites for hydroxylation is 1. The molecule has 3 fully saturated rings. The highest BCUT2D eigenvalue weighted by Gasteiger charge is 2.27. The van der Waals surface area contributed by atoms with E-state index in [4.69, 9.17) is 41.4 Å². The summed E-state index contributed by atoms with van der Waals surface area (Å²) >= 11 is 16.1. The Labute approximate surface area is 481 Å². The van der Waals surface area contributed by atoms with E-state index in [2.05, 4.69) is 67.7 Å². The lowest BCUT2D eigenvalue weighted by molar-refractivity contribution is 0.0850. The van der Waals surface area contributed by atoms with E-state index < -0.39 is 0 Å². The third-order valence-electron chi connectivity index (χ3n) is 14.3. The smallest absolute Gasteiger partial charge is 0.175 e. The second-order valence-electron chi connectivity index (χ2n) is 20.4. The van der Waals surface area contributed by atoms with Crippen LogP contribution in [0.2, 0.25) is 0 Å². The number of hydrogen-bond donors (Lipinski definition) is 6. The number of piperidine rings is 3. The van der Waals surface area contributed by atoms with Gasteiger partial charge in [-0.25, -0.2) is 4.39 Å². The molecule has 0 saturated carbocycles. The minimum Gasteiger partial charge on any atom is -0.497 e. The number of halogens is 1. The molecule has 9 rings (SSSR count). The molecular weight excluding hydrogens is 1050 g/mol. The van der Waals surface area contributed by atoms with Crippen molar-refractivity contribution in [2.24, 2.45) is 17.8 Å². The molecule has 0 radical (unpaired) electrons. The van der Waals surface area contributed by atoms with Crippen molar-refractivity contribution in [2.75, 3.05) is 99.4 Å². The van der Waals surface area contributed by atoms with Crippen molar-refractivity contribution in [3.8, 4) is 5.75 Å². The summed E-state index contributed by atoms with van der Waals surface area (Å²) in [5.41, 5.74) is 8.09. The van der Waals surface area contributed by atoms with Gasteiger partial charge in [-0.3, -0.25) is 14.4 Å². The first kappa shape index (κ1) is 59.7. The van der Waals surface area contributed by atoms with E-state index in [1.165, 1.54) is 12.1 Å². The van der Waals surface area contributed by atoms with Crippen LogP contribution in [0.5, 0.6) is 5.75 Å². The summed E-state index contributed by atoms with van der Waals surface area (Å²) in [5.74, 6) is 1.42. The number of para-hydroxylation sites is 1. The summed E-state index contributed by atoms with van der Waals surface area (Å²) in [5, 5.41) is 20.0. The van der Waals surface area contributed by atoms with Crippen molar-refractivity contribution in [2.45, 2.75) is 45.4 Å². The van der Waals surface area contributed by atoms with Gasteiger partial charge < -0.3 is 51.3 Å². The Balaban J connectivity index is 0.000000172. The number of nitrogens with zero attached hydrogens (tertiary/aromatic N) is 3. The highest BCUT2D eigenvalue weighted by Crippen LogP contribution is 2.27. The van der Waals surface area contributed by atoms with Crippen molar-refractivity contribution in [3.63, 3.8) is 0 Å². The molecule has 0 atom stereocenters. The van der Waals surface area contributed by atoms with Crippen molar-refractivity contribution >= 4 is 103 Å². The molecular formula is C62H72FN9O4S3. The van der Waals surface area contributed by atoms with Crippen LogP contribution in [0.15, 0.2) is 146 Å². The molecule has 3 heterocycles. The van der Waals surface area contributed by atoms with Crippen LogP contribution in [0.4, 0.5) is 38.5 Å². The molecule has 0 unspecified atom stereocenters. The van der Waals surface area contributed by atoms with Gasteiger partial charge in [-0.05, 0) is 233 Å². The van der Waals surface area contributed by atoms with Crippen LogP contribution in [0, 0.1) is 30.5 Å². The average molecular weight is 1120 g/mol. The Kier molecular flexibility index (Phi) is 22.5. The van der Waals surface area contributed by atoms with Gasteiger partial charge in [-0.2, -0.15) is 0 Å². The molecule has 17 heteroatoms. The summed E-state index contributed by atoms with van der Waals surface area (Å²) in [6, 6.07) is 44.1. The SMILES string of the molecule is CN1CCC(C(=O)c2cccc(NC(=S)Nc3cccc(F)c3)c2)CC1.COc1ccc(NC(=S)Nc2cccc(C(=O)C3CCN(C)CC3)c2)cc1.Cc1ccccc1NC(=S)Nc1cccc(C(=O)C2CCN(C)CC2)c1. The largest absolute Gasteiger partial charge is 0.497 e. The van der Waals surface area contributed by atoms with Gasteiger partial charge in [0.05, 0.1) is 7.11 Å². The summed E-state index contributed by atoms with van der Waals surface area (Å²) in [6.07, 6.45) is 5.49. The van der Waals surface area contributed by atoms with Gasteiger partial charge in [0.25, 0.3) is 0 Å². The van der Waals surface area contributed by atoms with Crippen LogP contribution in [0.25, 0.3) is 0 Å². The Morgan fingerprint density at radius 2 is 0.785 bits per heavy atom. The molecule has 414 valence electrons. The first-order valence-corrected chi connectivity index (χ1v) is 28.0. The van der Waals surface area contributed by atoms with E-state index in [1.807, 2.05) is 128 Å². The molecule has 3 aliphatic rings. The number of nitrogens with one attached hydrogen (secondary N) is 6. The minimum absolute atomic E-state index is 0.0822. The molecule has 0 aromatic heterocycles. The number of benzene rings is 6. The van der Waals surface area contributed by atoms with Gasteiger partial charge in [-0.15, -0.1) is 0 Å². The summed E-state index contributed by atoms with van der Waals surface area (Å²) < 4.78 is 18.4. The molecule has 3 aliphatic heterocycles. The predicted octanol–water partition coefficient (Wildman–Crippen LogP) is 12.5. The van der Waals surface area contributed by atoms with E-state index in [1.54, 1.807) is 19.2 Å². The number of rotatable bonds is 13. The number of ketones is 3. The lowest BCUT2D eigenvalue weighted by atomic mass is 9.89. The molecule has 6 N–H and O–H groups in total. The third kappa shape index (κ3) is 18.8. The Morgan fingerprint density at radius 3 is 1.15 bits per heavy atom. The van der Waals surface area contributed by atoms with Crippen molar-refractivity contribution in [1.29, 1.82) is 0 Å². The van der Waals surface area contributed by atoms with Crippen molar-refractivity contribution in [1.82, 2.24) is 14.7 Å².